The van der Waals surface area contributed by atoms with Gasteiger partial charge in [-0.1, -0.05) is 0 Å². The van der Waals surface area contributed by atoms with Crippen LogP contribution < -0.4 is 5.32 Å². The van der Waals surface area contributed by atoms with Crippen molar-refractivity contribution in [3.8, 4) is 11.3 Å². The Labute approximate surface area is 105 Å². The maximum atomic E-state index is 12.9. The van der Waals surface area contributed by atoms with E-state index in [-0.39, 0.29) is 5.82 Å². The van der Waals surface area contributed by atoms with Gasteiger partial charge in [-0.15, -0.1) is 0 Å². The number of nitrogens with one attached hydrogen (secondary N) is 1. The highest BCUT2D eigenvalue weighted by Crippen LogP contribution is 2.26. The lowest BCUT2D eigenvalue weighted by atomic mass is 10.1. The minimum absolute atomic E-state index is 0.235. The molecule has 0 saturated heterocycles. The molecule has 1 aliphatic rings. The van der Waals surface area contributed by atoms with Crippen molar-refractivity contribution in [3.63, 3.8) is 0 Å². The lowest BCUT2D eigenvalue weighted by Crippen LogP contribution is -2.05. The second kappa shape index (κ2) is 4.37. The molecule has 1 aromatic carbocycles. The van der Waals surface area contributed by atoms with E-state index in [1.807, 2.05) is 13.0 Å². The zero-order valence-electron chi connectivity index (χ0n) is 10.2. The van der Waals surface area contributed by atoms with Crippen molar-refractivity contribution < 1.29 is 4.39 Å². The first-order valence-corrected chi connectivity index (χ1v) is 6.09. The van der Waals surface area contributed by atoms with Crippen LogP contribution in [0.25, 0.3) is 11.3 Å². The van der Waals surface area contributed by atoms with Crippen molar-refractivity contribution >= 4 is 5.82 Å². The monoisotopic (exact) mass is 243 g/mol. The molecule has 0 radical (unpaired) electrons. The van der Waals surface area contributed by atoms with Crippen LogP contribution >= 0.6 is 0 Å². The second-order valence-corrected chi connectivity index (χ2v) is 4.61. The molecule has 1 fully saturated rings. The van der Waals surface area contributed by atoms with Crippen LogP contribution in [-0.2, 0) is 0 Å². The number of aryl methyl sites for hydroxylation is 1. The number of rotatable bonds is 3. The maximum Gasteiger partial charge on any atom is 0.130 e. The first-order valence-electron chi connectivity index (χ1n) is 6.09. The van der Waals surface area contributed by atoms with Crippen LogP contribution in [0.15, 0.2) is 30.3 Å². The maximum absolute atomic E-state index is 12.9. The molecular formula is C14H14FN3. The summed E-state index contributed by atoms with van der Waals surface area (Å²) in [5, 5.41) is 3.35. The molecular weight excluding hydrogens is 229 g/mol. The summed E-state index contributed by atoms with van der Waals surface area (Å²) in [4.78, 5) is 8.75. The summed E-state index contributed by atoms with van der Waals surface area (Å²) < 4.78 is 12.9. The number of nitrogens with zero attached hydrogens (tertiary/aromatic N) is 2. The molecule has 1 aliphatic carbocycles. The van der Waals surface area contributed by atoms with Crippen LogP contribution in [0.3, 0.4) is 0 Å². The van der Waals surface area contributed by atoms with Gasteiger partial charge in [0.1, 0.15) is 17.5 Å². The SMILES string of the molecule is Cc1nc(NC2CC2)cc(-c2ccc(F)cc2)n1. The molecule has 0 amide bonds. The summed E-state index contributed by atoms with van der Waals surface area (Å²) in [6, 6.07) is 8.83. The summed E-state index contributed by atoms with van der Waals surface area (Å²) in [7, 11) is 0. The largest absolute Gasteiger partial charge is 0.367 e. The van der Waals surface area contributed by atoms with Gasteiger partial charge in [0.2, 0.25) is 0 Å². The van der Waals surface area contributed by atoms with Gasteiger partial charge >= 0.3 is 0 Å². The van der Waals surface area contributed by atoms with Crippen molar-refractivity contribution in [1.29, 1.82) is 0 Å². The second-order valence-electron chi connectivity index (χ2n) is 4.61. The highest BCUT2D eigenvalue weighted by molar-refractivity contribution is 5.62. The van der Waals surface area contributed by atoms with Crippen molar-refractivity contribution in [2.24, 2.45) is 0 Å². The van der Waals surface area contributed by atoms with E-state index in [1.165, 1.54) is 25.0 Å². The van der Waals surface area contributed by atoms with E-state index in [9.17, 15) is 4.39 Å². The van der Waals surface area contributed by atoms with Crippen LogP contribution in [0.4, 0.5) is 10.2 Å². The fraction of sp³-hybridized carbons (Fsp3) is 0.286. The molecule has 1 N–H and O–H groups in total. The van der Waals surface area contributed by atoms with E-state index >= 15 is 0 Å². The Hall–Kier alpha value is -1.97. The summed E-state index contributed by atoms with van der Waals surface area (Å²) in [6.07, 6.45) is 2.41. The molecule has 18 heavy (non-hydrogen) atoms. The Morgan fingerprint density at radius 2 is 1.89 bits per heavy atom. The van der Waals surface area contributed by atoms with E-state index in [0.29, 0.717) is 6.04 Å². The van der Waals surface area contributed by atoms with Gasteiger partial charge in [-0.25, -0.2) is 14.4 Å². The molecule has 92 valence electrons. The quantitative estimate of drug-likeness (QED) is 0.899. The van der Waals surface area contributed by atoms with Crippen LogP contribution in [0, 0.1) is 12.7 Å². The third-order valence-corrected chi connectivity index (χ3v) is 2.91. The third kappa shape index (κ3) is 2.47. The number of aromatic nitrogens is 2. The first-order chi connectivity index (χ1) is 8.70. The highest BCUT2D eigenvalue weighted by Gasteiger charge is 2.21. The minimum Gasteiger partial charge on any atom is -0.367 e. The number of benzene rings is 1. The van der Waals surface area contributed by atoms with Gasteiger partial charge in [-0.05, 0) is 44.0 Å². The zero-order valence-corrected chi connectivity index (χ0v) is 10.2. The standard InChI is InChI=1S/C14H14FN3/c1-9-16-13(10-2-4-11(15)5-3-10)8-14(17-9)18-12-6-7-12/h2-5,8,12H,6-7H2,1H3,(H,16,17,18). The van der Waals surface area contributed by atoms with Gasteiger partial charge in [-0.3, -0.25) is 0 Å². The minimum atomic E-state index is -0.235. The van der Waals surface area contributed by atoms with Gasteiger partial charge < -0.3 is 5.32 Å². The fourth-order valence-corrected chi connectivity index (χ4v) is 1.85. The van der Waals surface area contributed by atoms with Crippen molar-refractivity contribution in [1.82, 2.24) is 9.97 Å². The predicted octanol–water partition coefficient (Wildman–Crippen LogP) is 3.17. The topological polar surface area (TPSA) is 37.8 Å². The molecule has 0 atom stereocenters. The third-order valence-electron chi connectivity index (χ3n) is 2.91. The van der Waals surface area contributed by atoms with Gasteiger partial charge in [0.15, 0.2) is 0 Å². The molecule has 1 aromatic heterocycles. The number of halogens is 1. The van der Waals surface area contributed by atoms with E-state index in [0.717, 1.165) is 22.9 Å². The molecule has 3 rings (SSSR count). The number of hydrogen-bond acceptors (Lipinski definition) is 3. The Bertz CT molecular complexity index is 562. The Morgan fingerprint density at radius 1 is 1.17 bits per heavy atom. The lowest BCUT2D eigenvalue weighted by Gasteiger charge is -2.07. The predicted molar refractivity (Wildman–Crippen MR) is 68.8 cm³/mol. The van der Waals surface area contributed by atoms with E-state index in [2.05, 4.69) is 15.3 Å². The van der Waals surface area contributed by atoms with Gasteiger partial charge in [0, 0.05) is 17.7 Å². The molecule has 1 heterocycles. The molecule has 4 heteroatoms. The summed E-state index contributed by atoms with van der Waals surface area (Å²) in [5.74, 6) is 1.34. The molecule has 0 unspecified atom stereocenters. The van der Waals surface area contributed by atoms with E-state index in [4.69, 9.17) is 0 Å². The average Bonchev–Trinajstić information content (AvgIpc) is 3.13. The number of anilines is 1. The van der Waals surface area contributed by atoms with Gasteiger partial charge in [0.25, 0.3) is 0 Å². The Morgan fingerprint density at radius 3 is 2.56 bits per heavy atom. The first kappa shape index (κ1) is 11.1. The van der Waals surface area contributed by atoms with Crippen molar-refractivity contribution in [2.45, 2.75) is 25.8 Å². The summed E-state index contributed by atoms with van der Waals surface area (Å²) in [5.41, 5.74) is 1.73. The molecule has 0 spiro atoms. The molecule has 0 bridgehead atoms. The highest BCUT2D eigenvalue weighted by atomic mass is 19.1. The summed E-state index contributed by atoms with van der Waals surface area (Å²) >= 11 is 0. The van der Waals surface area contributed by atoms with Crippen LogP contribution in [0.2, 0.25) is 0 Å². The van der Waals surface area contributed by atoms with Crippen molar-refractivity contribution in [2.75, 3.05) is 5.32 Å². The Balaban J connectivity index is 1.94. The van der Waals surface area contributed by atoms with Crippen molar-refractivity contribution in [3.05, 3.63) is 42.0 Å². The smallest absolute Gasteiger partial charge is 0.130 e. The van der Waals surface area contributed by atoms with Crippen LogP contribution in [-0.4, -0.2) is 16.0 Å². The Kier molecular flexibility index (Phi) is 2.70. The van der Waals surface area contributed by atoms with Gasteiger partial charge in [0.05, 0.1) is 5.69 Å². The van der Waals surface area contributed by atoms with Crippen LogP contribution in [0.5, 0.6) is 0 Å². The molecule has 3 nitrogen and oxygen atoms in total. The molecule has 2 aromatic rings. The van der Waals surface area contributed by atoms with Gasteiger partial charge in [-0.2, -0.15) is 0 Å². The van der Waals surface area contributed by atoms with E-state index < -0.39 is 0 Å². The van der Waals surface area contributed by atoms with E-state index in [1.54, 1.807) is 12.1 Å². The average molecular weight is 243 g/mol. The number of hydrogen-bond donors (Lipinski definition) is 1. The van der Waals surface area contributed by atoms with Crippen LogP contribution in [0.1, 0.15) is 18.7 Å². The normalized spacial score (nSPS) is 14.6. The lowest BCUT2D eigenvalue weighted by molar-refractivity contribution is 0.628. The molecule has 0 aliphatic heterocycles. The summed E-state index contributed by atoms with van der Waals surface area (Å²) in [6.45, 7) is 1.87. The fourth-order valence-electron chi connectivity index (χ4n) is 1.85. The molecule has 1 saturated carbocycles. The zero-order chi connectivity index (χ0) is 12.5.